The fraction of sp³-hybridized carbons (Fsp3) is 0.158. The molecule has 0 unspecified atom stereocenters. The van der Waals surface area contributed by atoms with Crippen LogP contribution in [0.2, 0.25) is 0 Å². The maximum atomic E-state index is 12.4. The number of hydrogen-bond acceptors (Lipinski definition) is 4. The smallest absolute Gasteiger partial charge is 0.256 e. The number of carbonyl (C=O) groups excluding carboxylic acids is 2. The Balaban J connectivity index is 1.75. The highest BCUT2D eigenvalue weighted by Gasteiger charge is 2.12. The van der Waals surface area contributed by atoms with Crippen LogP contribution in [0.25, 0.3) is 0 Å². The predicted molar refractivity (Wildman–Crippen MR) is 94.8 cm³/mol. The summed E-state index contributed by atoms with van der Waals surface area (Å²) in [5, 5.41) is 2.77. The van der Waals surface area contributed by atoms with Crippen LogP contribution in [0, 0.1) is 6.92 Å². The number of carbonyl (C=O) groups is 2. The van der Waals surface area contributed by atoms with Crippen LogP contribution in [-0.2, 0) is 6.42 Å². The number of hydrogen-bond donors (Lipinski definition) is 2. The summed E-state index contributed by atoms with van der Waals surface area (Å²) >= 11 is 0. The normalized spacial score (nSPS) is 10.5. The summed E-state index contributed by atoms with van der Waals surface area (Å²) < 4.78 is 0. The predicted octanol–water partition coefficient (Wildman–Crippen LogP) is 3.16. The van der Waals surface area contributed by atoms with E-state index in [2.05, 4.69) is 20.3 Å². The molecule has 1 aromatic carbocycles. The molecular weight excluding hydrogens is 316 g/mol. The van der Waals surface area contributed by atoms with Crippen LogP contribution in [-0.4, -0.2) is 26.6 Å². The number of aryl methyl sites for hydroxylation is 2. The molecule has 2 heterocycles. The second-order valence-corrected chi connectivity index (χ2v) is 5.61. The van der Waals surface area contributed by atoms with Crippen LogP contribution < -0.4 is 5.32 Å². The second-order valence-electron chi connectivity index (χ2n) is 5.61. The van der Waals surface area contributed by atoms with E-state index in [9.17, 15) is 9.59 Å². The third-order valence-electron chi connectivity index (χ3n) is 3.76. The standard InChI is InChI=1S/C19H18N4O2/c1-3-16-10-17(22-12(2)21-16)23-19(25)14-6-4-13(5-7-14)18(24)15-8-9-20-11-15/h4-11,20H,3H2,1-2H3,(H,21,22,23,25). The largest absolute Gasteiger partial charge is 0.367 e. The Morgan fingerprint density at radius 1 is 1.04 bits per heavy atom. The van der Waals surface area contributed by atoms with Gasteiger partial charge in [0.05, 0.1) is 0 Å². The van der Waals surface area contributed by atoms with Crippen molar-refractivity contribution < 1.29 is 9.59 Å². The number of anilines is 1. The molecule has 0 fully saturated rings. The molecule has 0 aliphatic heterocycles. The lowest BCUT2D eigenvalue weighted by Crippen LogP contribution is -2.14. The molecule has 2 N–H and O–H groups in total. The molecule has 2 aromatic heterocycles. The average Bonchev–Trinajstić information content (AvgIpc) is 3.15. The van der Waals surface area contributed by atoms with Gasteiger partial charge in [-0.25, -0.2) is 9.97 Å². The summed E-state index contributed by atoms with van der Waals surface area (Å²) in [6.45, 7) is 3.78. The van der Waals surface area contributed by atoms with Crippen molar-refractivity contribution in [3.05, 3.63) is 77.0 Å². The van der Waals surface area contributed by atoms with E-state index < -0.39 is 0 Å². The fourth-order valence-electron chi connectivity index (χ4n) is 2.47. The molecule has 0 aliphatic carbocycles. The van der Waals surface area contributed by atoms with Crippen molar-refractivity contribution in [3.8, 4) is 0 Å². The molecule has 126 valence electrons. The Morgan fingerprint density at radius 3 is 2.40 bits per heavy atom. The van der Waals surface area contributed by atoms with Gasteiger partial charge >= 0.3 is 0 Å². The van der Waals surface area contributed by atoms with Gasteiger partial charge < -0.3 is 10.3 Å². The molecule has 3 aromatic rings. The molecule has 0 bridgehead atoms. The van der Waals surface area contributed by atoms with Crippen LogP contribution in [0.4, 0.5) is 5.82 Å². The van der Waals surface area contributed by atoms with Gasteiger partial charge in [0.2, 0.25) is 0 Å². The molecular formula is C19H18N4O2. The third-order valence-corrected chi connectivity index (χ3v) is 3.76. The van der Waals surface area contributed by atoms with E-state index in [4.69, 9.17) is 0 Å². The monoisotopic (exact) mass is 334 g/mol. The molecule has 6 heteroatoms. The number of benzene rings is 1. The Hall–Kier alpha value is -3.28. The minimum Gasteiger partial charge on any atom is -0.367 e. The summed E-state index contributed by atoms with van der Waals surface area (Å²) in [4.78, 5) is 36.0. The zero-order valence-corrected chi connectivity index (χ0v) is 14.0. The maximum absolute atomic E-state index is 12.4. The van der Waals surface area contributed by atoms with Crippen molar-refractivity contribution in [3.63, 3.8) is 0 Å². The van der Waals surface area contributed by atoms with Crippen molar-refractivity contribution in [1.82, 2.24) is 15.0 Å². The van der Waals surface area contributed by atoms with E-state index in [1.165, 1.54) is 0 Å². The van der Waals surface area contributed by atoms with E-state index >= 15 is 0 Å². The maximum Gasteiger partial charge on any atom is 0.256 e. The number of aromatic nitrogens is 3. The Bertz CT molecular complexity index is 900. The van der Waals surface area contributed by atoms with Crippen molar-refractivity contribution in [2.24, 2.45) is 0 Å². The number of amides is 1. The van der Waals surface area contributed by atoms with E-state index in [1.54, 1.807) is 55.7 Å². The van der Waals surface area contributed by atoms with Gasteiger partial charge in [-0.2, -0.15) is 0 Å². The van der Waals surface area contributed by atoms with Gasteiger partial charge in [0.15, 0.2) is 5.78 Å². The topological polar surface area (TPSA) is 87.7 Å². The summed E-state index contributed by atoms with van der Waals surface area (Å²) in [6, 6.07) is 10.0. The lowest BCUT2D eigenvalue weighted by molar-refractivity contribution is 0.101. The van der Waals surface area contributed by atoms with E-state index in [-0.39, 0.29) is 11.7 Å². The van der Waals surface area contributed by atoms with Crippen LogP contribution in [0.15, 0.2) is 48.8 Å². The first-order chi connectivity index (χ1) is 12.1. The second kappa shape index (κ2) is 7.09. The molecule has 0 aliphatic rings. The number of nitrogens with one attached hydrogen (secondary N) is 2. The van der Waals surface area contributed by atoms with Gasteiger partial charge in [0.25, 0.3) is 5.91 Å². The van der Waals surface area contributed by atoms with Crippen molar-refractivity contribution >= 4 is 17.5 Å². The van der Waals surface area contributed by atoms with Crippen molar-refractivity contribution in [1.29, 1.82) is 0 Å². The van der Waals surface area contributed by atoms with Gasteiger partial charge in [-0.1, -0.05) is 19.1 Å². The van der Waals surface area contributed by atoms with E-state index in [0.717, 1.165) is 12.1 Å². The average molecular weight is 334 g/mol. The van der Waals surface area contributed by atoms with E-state index in [1.807, 2.05) is 6.92 Å². The summed E-state index contributed by atoms with van der Waals surface area (Å²) in [6.07, 6.45) is 4.11. The first-order valence-corrected chi connectivity index (χ1v) is 8.00. The third kappa shape index (κ3) is 3.80. The van der Waals surface area contributed by atoms with Crippen LogP contribution in [0.1, 0.15) is 44.7 Å². The molecule has 0 saturated carbocycles. The summed E-state index contributed by atoms with van der Waals surface area (Å²) in [5.41, 5.74) is 2.44. The van der Waals surface area contributed by atoms with Gasteiger partial charge in [-0.15, -0.1) is 0 Å². The molecule has 1 amide bonds. The quantitative estimate of drug-likeness (QED) is 0.702. The molecule has 3 rings (SSSR count). The zero-order chi connectivity index (χ0) is 17.8. The molecule has 25 heavy (non-hydrogen) atoms. The number of rotatable bonds is 5. The minimum absolute atomic E-state index is 0.0905. The van der Waals surface area contributed by atoms with E-state index in [0.29, 0.717) is 28.3 Å². The Labute approximate surface area is 145 Å². The number of ketones is 1. The molecule has 0 radical (unpaired) electrons. The van der Waals surface area contributed by atoms with Crippen molar-refractivity contribution in [2.75, 3.05) is 5.32 Å². The highest BCUT2D eigenvalue weighted by Crippen LogP contribution is 2.13. The van der Waals surface area contributed by atoms with Crippen LogP contribution in [0.3, 0.4) is 0 Å². The van der Waals surface area contributed by atoms with Crippen molar-refractivity contribution in [2.45, 2.75) is 20.3 Å². The van der Waals surface area contributed by atoms with Gasteiger partial charge in [-0.3, -0.25) is 9.59 Å². The lowest BCUT2D eigenvalue weighted by Gasteiger charge is -2.07. The molecule has 6 nitrogen and oxygen atoms in total. The minimum atomic E-state index is -0.277. The SMILES string of the molecule is CCc1cc(NC(=O)c2ccc(C(=O)c3cc[nH]c3)cc2)nc(C)n1. The first-order valence-electron chi connectivity index (χ1n) is 8.00. The molecule has 0 spiro atoms. The Kier molecular flexibility index (Phi) is 4.70. The number of aromatic amines is 1. The van der Waals surface area contributed by atoms with Gasteiger partial charge in [0, 0.05) is 40.8 Å². The van der Waals surface area contributed by atoms with Crippen LogP contribution in [0.5, 0.6) is 0 Å². The van der Waals surface area contributed by atoms with Gasteiger partial charge in [-0.05, 0) is 31.5 Å². The summed E-state index contributed by atoms with van der Waals surface area (Å²) in [7, 11) is 0. The Morgan fingerprint density at radius 2 is 1.76 bits per heavy atom. The number of H-pyrrole nitrogens is 1. The first kappa shape index (κ1) is 16.6. The number of nitrogens with zero attached hydrogens (tertiary/aromatic N) is 2. The fourth-order valence-corrected chi connectivity index (χ4v) is 2.47. The van der Waals surface area contributed by atoms with Gasteiger partial charge in [0.1, 0.15) is 11.6 Å². The highest BCUT2D eigenvalue weighted by atomic mass is 16.1. The molecule has 0 saturated heterocycles. The molecule has 0 atom stereocenters. The summed E-state index contributed by atoms with van der Waals surface area (Å²) in [5.74, 6) is 0.719. The highest BCUT2D eigenvalue weighted by molar-refractivity contribution is 6.10. The van der Waals surface area contributed by atoms with Crippen LogP contribution >= 0.6 is 0 Å². The lowest BCUT2D eigenvalue weighted by atomic mass is 10.0. The zero-order valence-electron chi connectivity index (χ0n) is 14.0.